The van der Waals surface area contributed by atoms with Gasteiger partial charge in [0.15, 0.2) is 0 Å². The van der Waals surface area contributed by atoms with Crippen molar-refractivity contribution in [3.05, 3.63) is 28.3 Å². The van der Waals surface area contributed by atoms with Crippen molar-refractivity contribution >= 4 is 0 Å². The number of nitrogens with one attached hydrogen (secondary N) is 1. The first-order valence-corrected chi connectivity index (χ1v) is 8.65. The molecule has 1 N–H and O–H groups in total. The molecule has 1 aliphatic carbocycles. The zero-order valence-electron chi connectivity index (χ0n) is 14.6. The van der Waals surface area contributed by atoms with Crippen LogP contribution in [0.15, 0.2) is 6.07 Å². The minimum Gasteiger partial charge on any atom is -0.487 e. The highest BCUT2D eigenvalue weighted by atomic mass is 16.6. The fourth-order valence-electron chi connectivity index (χ4n) is 4.24. The van der Waals surface area contributed by atoms with Gasteiger partial charge in [-0.25, -0.2) is 0 Å². The third-order valence-corrected chi connectivity index (χ3v) is 5.51. The third-order valence-electron chi connectivity index (χ3n) is 5.51. The highest BCUT2D eigenvalue weighted by Gasteiger charge is 2.46. The van der Waals surface area contributed by atoms with Gasteiger partial charge >= 0.3 is 0 Å². The second-order valence-corrected chi connectivity index (χ2v) is 7.21. The molecular formula is C19H29NO2. The Balaban J connectivity index is 2.13. The average Bonchev–Trinajstić information content (AvgIpc) is 2.45. The van der Waals surface area contributed by atoms with Gasteiger partial charge in [-0.05, 0) is 61.3 Å². The molecule has 1 heterocycles. The lowest BCUT2D eigenvalue weighted by atomic mass is 9.71. The van der Waals surface area contributed by atoms with E-state index < -0.39 is 0 Å². The Bertz CT molecular complexity index is 561. The summed E-state index contributed by atoms with van der Waals surface area (Å²) in [5, 5.41) is 0. The van der Waals surface area contributed by atoms with E-state index in [1.807, 2.05) is 0 Å². The second-order valence-electron chi connectivity index (χ2n) is 7.21. The monoisotopic (exact) mass is 303 g/mol. The summed E-state index contributed by atoms with van der Waals surface area (Å²) in [6.45, 7) is 9.03. The van der Waals surface area contributed by atoms with Crippen LogP contribution < -0.4 is 10.2 Å². The molecule has 0 bridgehead atoms. The van der Waals surface area contributed by atoms with Gasteiger partial charge in [-0.15, -0.1) is 0 Å². The molecule has 0 saturated heterocycles. The molecule has 0 amide bonds. The molecule has 1 spiro atoms. The molecule has 0 radical (unpaired) electrons. The molecule has 0 aromatic heterocycles. The summed E-state index contributed by atoms with van der Waals surface area (Å²) < 4.78 is 6.52. The van der Waals surface area contributed by atoms with Crippen LogP contribution in [0, 0.1) is 6.92 Å². The smallest absolute Gasteiger partial charge is 0.125 e. The molecule has 1 aliphatic heterocycles. The Labute approximate surface area is 134 Å². The van der Waals surface area contributed by atoms with E-state index in [-0.39, 0.29) is 11.6 Å². The molecule has 2 aliphatic rings. The minimum atomic E-state index is 0.0394. The van der Waals surface area contributed by atoms with E-state index in [0.29, 0.717) is 5.92 Å². The van der Waals surface area contributed by atoms with Crippen molar-refractivity contribution in [1.29, 1.82) is 0 Å². The Kier molecular flexibility index (Phi) is 4.21. The Morgan fingerprint density at radius 1 is 1.41 bits per heavy atom. The molecule has 1 aromatic rings. The topological polar surface area (TPSA) is 30.5 Å². The van der Waals surface area contributed by atoms with Gasteiger partial charge in [0.05, 0.1) is 13.2 Å². The lowest BCUT2D eigenvalue weighted by molar-refractivity contribution is -0.0602. The maximum Gasteiger partial charge on any atom is 0.125 e. The predicted octanol–water partition coefficient (Wildman–Crippen LogP) is 4.58. The zero-order valence-corrected chi connectivity index (χ0v) is 14.6. The highest BCUT2D eigenvalue weighted by molar-refractivity contribution is 5.53. The van der Waals surface area contributed by atoms with Gasteiger partial charge in [-0.1, -0.05) is 20.8 Å². The normalized spacial score (nSPS) is 22.4. The molecule has 3 rings (SSSR count). The summed E-state index contributed by atoms with van der Waals surface area (Å²) in [6.07, 6.45) is 5.66. The van der Waals surface area contributed by atoms with Crippen LogP contribution in [0.2, 0.25) is 0 Å². The first-order chi connectivity index (χ1) is 10.5. The molecule has 122 valence electrons. The fourth-order valence-corrected chi connectivity index (χ4v) is 4.24. The van der Waals surface area contributed by atoms with E-state index in [9.17, 15) is 0 Å². The van der Waals surface area contributed by atoms with Crippen LogP contribution in [0.25, 0.3) is 0 Å². The first-order valence-electron chi connectivity index (χ1n) is 8.65. The summed E-state index contributed by atoms with van der Waals surface area (Å²) in [6, 6.07) is 2.53. The van der Waals surface area contributed by atoms with Crippen LogP contribution in [0.1, 0.15) is 80.7 Å². The number of benzene rings is 1. The van der Waals surface area contributed by atoms with Crippen molar-refractivity contribution in [1.82, 2.24) is 5.48 Å². The van der Waals surface area contributed by atoms with Crippen molar-refractivity contribution in [2.45, 2.75) is 77.4 Å². The molecule has 1 fully saturated rings. The van der Waals surface area contributed by atoms with Crippen LogP contribution in [0.4, 0.5) is 0 Å². The van der Waals surface area contributed by atoms with Gasteiger partial charge in [0.25, 0.3) is 0 Å². The third kappa shape index (κ3) is 2.44. The lowest BCUT2D eigenvalue weighted by Crippen LogP contribution is -2.49. The Morgan fingerprint density at radius 2 is 2.14 bits per heavy atom. The summed E-state index contributed by atoms with van der Waals surface area (Å²) >= 11 is 0. The second kappa shape index (κ2) is 5.86. The largest absolute Gasteiger partial charge is 0.487 e. The summed E-state index contributed by atoms with van der Waals surface area (Å²) in [5.74, 6) is 1.61. The lowest BCUT2D eigenvalue weighted by Gasteiger charge is -2.48. The average molecular weight is 303 g/mol. The maximum atomic E-state index is 6.52. The van der Waals surface area contributed by atoms with E-state index >= 15 is 0 Å². The molecule has 1 unspecified atom stereocenters. The van der Waals surface area contributed by atoms with Gasteiger partial charge in [-0.2, -0.15) is 5.48 Å². The summed E-state index contributed by atoms with van der Waals surface area (Å²) in [7, 11) is 1.71. The highest BCUT2D eigenvalue weighted by Crippen LogP contribution is 2.51. The van der Waals surface area contributed by atoms with E-state index in [4.69, 9.17) is 9.57 Å². The van der Waals surface area contributed by atoms with Crippen LogP contribution in [-0.2, 0) is 11.3 Å². The van der Waals surface area contributed by atoms with Gasteiger partial charge in [0, 0.05) is 12.0 Å². The standard InChI is InChI=1S/C19H29NO2/c1-6-14-13(4)15(12(2)3)10-17-18(14)16(20-21-5)11-19(22-17)8-7-9-19/h10,12,16,20H,6-9,11H2,1-5H3. The van der Waals surface area contributed by atoms with E-state index in [0.717, 1.165) is 18.6 Å². The molecule has 22 heavy (non-hydrogen) atoms. The molecule has 1 saturated carbocycles. The Hall–Kier alpha value is -1.06. The van der Waals surface area contributed by atoms with Crippen molar-refractivity contribution in [3.63, 3.8) is 0 Å². The van der Waals surface area contributed by atoms with E-state index in [1.54, 1.807) is 7.11 Å². The van der Waals surface area contributed by atoms with Crippen LogP contribution >= 0.6 is 0 Å². The van der Waals surface area contributed by atoms with Crippen LogP contribution in [0.5, 0.6) is 5.75 Å². The van der Waals surface area contributed by atoms with Gasteiger partial charge in [-0.3, -0.25) is 0 Å². The predicted molar refractivity (Wildman–Crippen MR) is 89.4 cm³/mol. The van der Waals surface area contributed by atoms with Crippen molar-refractivity contribution in [3.8, 4) is 5.75 Å². The van der Waals surface area contributed by atoms with E-state index in [1.165, 1.54) is 41.5 Å². The maximum absolute atomic E-state index is 6.52. The molecule has 3 nitrogen and oxygen atoms in total. The van der Waals surface area contributed by atoms with Gasteiger partial charge in [0.1, 0.15) is 11.4 Å². The number of fused-ring (bicyclic) bond motifs is 1. The summed E-state index contributed by atoms with van der Waals surface area (Å²) in [4.78, 5) is 5.31. The minimum absolute atomic E-state index is 0.0394. The molecule has 1 aromatic carbocycles. The zero-order chi connectivity index (χ0) is 15.9. The fraction of sp³-hybridized carbons (Fsp3) is 0.684. The first kappa shape index (κ1) is 15.8. The number of ether oxygens (including phenoxy) is 1. The van der Waals surface area contributed by atoms with Crippen molar-refractivity contribution in [2.24, 2.45) is 0 Å². The van der Waals surface area contributed by atoms with Crippen molar-refractivity contribution in [2.75, 3.05) is 7.11 Å². The quantitative estimate of drug-likeness (QED) is 0.826. The van der Waals surface area contributed by atoms with Gasteiger partial charge < -0.3 is 9.57 Å². The number of hydrogen-bond acceptors (Lipinski definition) is 3. The van der Waals surface area contributed by atoms with Crippen LogP contribution in [-0.4, -0.2) is 12.7 Å². The Morgan fingerprint density at radius 3 is 2.64 bits per heavy atom. The molecule has 1 atom stereocenters. The molecular weight excluding hydrogens is 274 g/mol. The van der Waals surface area contributed by atoms with Crippen LogP contribution in [0.3, 0.4) is 0 Å². The number of hydrogen-bond donors (Lipinski definition) is 1. The molecule has 3 heteroatoms. The van der Waals surface area contributed by atoms with Gasteiger partial charge in [0.2, 0.25) is 0 Å². The number of hydroxylamine groups is 1. The van der Waals surface area contributed by atoms with E-state index in [2.05, 4.69) is 39.2 Å². The van der Waals surface area contributed by atoms with Crippen molar-refractivity contribution < 1.29 is 9.57 Å². The summed E-state index contributed by atoms with van der Waals surface area (Å²) in [5.41, 5.74) is 8.88. The number of rotatable bonds is 4. The SMILES string of the molecule is CCc1c(C)c(C(C)C)cc2c1C(NOC)CC1(CCC1)O2.